The number of amides is 2. The number of carboxylic acid groups (broad SMARTS) is 1. The molecule has 120 valence electrons. The van der Waals surface area contributed by atoms with Crippen LogP contribution in [0.3, 0.4) is 0 Å². The molecular formula is C18H19N2O3-. The maximum absolute atomic E-state index is 11.9. The van der Waals surface area contributed by atoms with Gasteiger partial charge in [-0.25, -0.2) is 4.79 Å². The van der Waals surface area contributed by atoms with Crippen LogP contribution in [0.4, 0.5) is 4.79 Å². The third-order valence-electron chi connectivity index (χ3n) is 3.45. The molecule has 2 N–H and O–H groups in total. The van der Waals surface area contributed by atoms with Crippen molar-refractivity contribution in [1.29, 1.82) is 0 Å². The summed E-state index contributed by atoms with van der Waals surface area (Å²) in [5, 5.41) is 16.3. The molecule has 23 heavy (non-hydrogen) atoms. The summed E-state index contributed by atoms with van der Waals surface area (Å²) < 4.78 is 0. The zero-order valence-electron chi connectivity index (χ0n) is 12.9. The molecule has 0 aliphatic rings. The minimum atomic E-state index is -1.31. The summed E-state index contributed by atoms with van der Waals surface area (Å²) >= 11 is 0. The SMILES string of the molecule is Cc1ccc(CNC(=O)N[C@@H](Cc2ccccc2)C(=O)[O-])cc1. The van der Waals surface area contributed by atoms with Crippen molar-refractivity contribution in [3.05, 3.63) is 71.3 Å². The van der Waals surface area contributed by atoms with Crippen LogP contribution in [0.5, 0.6) is 0 Å². The van der Waals surface area contributed by atoms with Gasteiger partial charge < -0.3 is 20.5 Å². The van der Waals surface area contributed by atoms with Gasteiger partial charge >= 0.3 is 6.03 Å². The fourth-order valence-electron chi connectivity index (χ4n) is 2.14. The summed E-state index contributed by atoms with van der Waals surface area (Å²) in [4.78, 5) is 23.1. The van der Waals surface area contributed by atoms with Crippen molar-refractivity contribution >= 4 is 12.0 Å². The number of carbonyl (C=O) groups is 2. The Kier molecular flexibility index (Phi) is 5.74. The molecule has 0 aromatic heterocycles. The van der Waals surface area contributed by atoms with Crippen LogP contribution in [0.25, 0.3) is 0 Å². The van der Waals surface area contributed by atoms with E-state index in [0.717, 1.165) is 16.7 Å². The Balaban J connectivity index is 1.88. The van der Waals surface area contributed by atoms with E-state index >= 15 is 0 Å². The monoisotopic (exact) mass is 311 g/mol. The van der Waals surface area contributed by atoms with Gasteiger partial charge in [-0.2, -0.15) is 0 Å². The lowest BCUT2D eigenvalue weighted by Gasteiger charge is -2.20. The lowest BCUT2D eigenvalue weighted by Crippen LogP contribution is -2.51. The number of urea groups is 1. The largest absolute Gasteiger partial charge is 0.548 e. The molecule has 2 aromatic carbocycles. The van der Waals surface area contributed by atoms with Crippen LogP contribution in [0.15, 0.2) is 54.6 Å². The van der Waals surface area contributed by atoms with Crippen molar-refractivity contribution in [1.82, 2.24) is 10.6 Å². The van der Waals surface area contributed by atoms with Crippen molar-refractivity contribution in [2.45, 2.75) is 25.9 Å². The molecule has 2 amide bonds. The van der Waals surface area contributed by atoms with Gasteiger partial charge in [0.05, 0.1) is 12.0 Å². The number of benzene rings is 2. The summed E-state index contributed by atoms with van der Waals surface area (Å²) in [6.45, 7) is 2.31. The first-order valence-electron chi connectivity index (χ1n) is 7.39. The second-order valence-electron chi connectivity index (χ2n) is 5.37. The highest BCUT2D eigenvalue weighted by atomic mass is 16.4. The zero-order chi connectivity index (χ0) is 16.7. The average Bonchev–Trinajstić information content (AvgIpc) is 2.54. The van der Waals surface area contributed by atoms with Gasteiger partial charge in [-0.15, -0.1) is 0 Å². The molecule has 2 rings (SSSR count). The number of carboxylic acids is 1. The molecule has 1 atom stereocenters. The molecule has 0 bridgehead atoms. The Labute approximate surface area is 135 Å². The Morgan fingerprint density at radius 1 is 1.00 bits per heavy atom. The smallest absolute Gasteiger partial charge is 0.315 e. The van der Waals surface area contributed by atoms with Crippen LogP contribution in [0, 0.1) is 6.92 Å². The van der Waals surface area contributed by atoms with Crippen LogP contribution >= 0.6 is 0 Å². The molecule has 0 aliphatic heterocycles. The summed E-state index contributed by atoms with van der Waals surface area (Å²) in [6.07, 6.45) is 0.182. The molecule has 0 saturated carbocycles. The van der Waals surface area contributed by atoms with Gasteiger partial charge in [0.15, 0.2) is 0 Å². The van der Waals surface area contributed by atoms with E-state index in [0.29, 0.717) is 6.54 Å². The van der Waals surface area contributed by atoms with E-state index in [1.54, 1.807) is 0 Å². The lowest BCUT2D eigenvalue weighted by molar-refractivity contribution is -0.308. The number of aliphatic carboxylic acids is 1. The highest BCUT2D eigenvalue weighted by Crippen LogP contribution is 2.04. The van der Waals surface area contributed by atoms with E-state index in [4.69, 9.17) is 0 Å². The first-order chi connectivity index (χ1) is 11.0. The van der Waals surface area contributed by atoms with Crippen molar-refractivity contribution in [2.24, 2.45) is 0 Å². The molecule has 0 unspecified atom stereocenters. The molecular weight excluding hydrogens is 292 g/mol. The van der Waals surface area contributed by atoms with Gasteiger partial charge in [0.25, 0.3) is 0 Å². The van der Waals surface area contributed by atoms with Crippen LogP contribution in [-0.4, -0.2) is 18.0 Å². The van der Waals surface area contributed by atoms with E-state index in [2.05, 4.69) is 10.6 Å². The predicted octanol–water partition coefficient (Wildman–Crippen LogP) is 1.16. The molecule has 0 aliphatic carbocycles. The molecule has 0 heterocycles. The molecule has 0 spiro atoms. The molecule has 2 aromatic rings. The van der Waals surface area contributed by atoms with Gasteiger partial charge in [-0.1, -0.05) is 60.2 Å². The van der Waals surface area contributed by atoms with Gasteiger partial charge in [0.2, 0.25) is 0 Å². The highest BCUT2D eigenvalue weighted by molar-refractivity contribution is 5.81. The number of carbonyl (C=O) groups excluding carboxylic acids is 2. The fraction of sp³-hybridized carbons (Fsp3) is 0.222. The Hall–Kier alpha value is -2.82. The fourth-order valence-corrected chi connectivity index (χ4v) is 2.14. The predicted molar refractivity (Wildman–Crippen MR) is 85.5 cm³/mol. The van der Waals surface area contributed by atoms with Crippen molar-refractivity contribution < 1.29 is 14.7 Å². The number of hydrogen-bond donors (Lipinski definition) is 2. The number of aryl methyl sites for hydroxylation is 1. The quantitative estimate of drug-likeness (QED) is 0.840. The van der Waals surface area contributed by atoms with Crippen LogP contribution in [-0.2, 0) is 17.8 Å². The second-order valence-corrected chi connectivity index (χ2v) is 5.37. The first-order valence-corrected chi connectivity index (χ1v) is 7.39. The summed E-state index contributed by atoms with van der Waals surface area (Å²) in [5.74, 6) is -1.31. The van der Waals surface area contributed by atoms with E-state index < -0.39 is 18.0 Å². The third-order valence-corrected chi connectivity index (χ3v) is 3.45. The maximum atomic E-state index is 11.9. The standard InChI is InChI=1S/C18H20N2O3/c1-13-7-9-15(10-8-13)12-19-18(23)20-16(17(21)22)11-14-5-3-2-4-6-14/h2-10,16H,11-12H2,1H3,(H,21,22)(H2,19,20,23)/p-1/t16-/m0/s1. The molecule has 5 heteroatoms. The van der Waals surface area contributed by atoms with Crippen molar-refractivity contribution in [3.8, 4) is 0 Å². The van der Waals surface area contributed by atoms with E-state index in [-0.39, 0.29) is 6.42 Å². The normalized spacial score (nSPS) is 11.5. The van der Waals surface area contributed by atoms with E-state index in [1.807, 2.05) is 61.5 Å². The van der Waals surface area contributed by atoms with Gasteiger partial charge in [0, 0.05) is 6.54 Å². The minimum absolute atomic E-state index is 0.182. The average molecular weight is 311 g/mol. The van der Waals surface area contributed by atoms with Crippen LogP contribution in [0.2, 0.25) is 0 Å². The highest BCUT2D eigenvalue weighted by Gasteiger charge is 2.14. The van der Waals surface area contributed by atoms with Crippen LogP contribution < -0.4 is 15.7 Å². The van der Waals surface area contributed by atoms with Gasteiger partial charge in [0.1, 0.15) is 0 Å². The maximum Gasteiger partial charge on any atom is 0.315 e. The molecule has 0 fully saturated rings. The zero-order valence-corrected chi connectivity index (χ0v) is 12.9. The second kappa shape index (κ2) is 7.98. The number of rotatable bonds is 6. The topological polar surface area (TPSA) is 81.3 Å². The Morgan fingerprint density at radius 2 is 1.65 bits per heavy atom. The van der Waals surface area contributed by atoms with Gasteiger partial charge in [-0.05, 0) is 24.5 Å². The number of nitrogens with one attached hydrogen (secondary N) is 2. The van der Waals surface area contributed by atoms with E-state index in [9.17, 15) is 14.7 Å². The summed E-state index contributed by atoms with van der Waals surface area (Å²) in [5.41, 5.74) is 2.90. The Morgan fingerprint density at radius 3 is 2.26 bits per heavy atom. The molecule has 0 saturated heterocycles. The molecule has 0 radical (unpaired) electrons. The summed E-state index contributed by atoms with van der Waals surface area (Å²) in [6, 6.07) is 15.2. The van der Waals surface area contributed by atoms with E-state index in [1.165, 1.54) is 0 Å². The van der Waals surface area contributed by atoms with Crippen molar-refractivity contribution in [2.75, 3.05) is 0 Å². The molecule has 5 nitrogen and oxygen atoms in total. The van der Waals surface area contributed by atoms with Gasteiger partial charge in [-0.3, -0.25) is 0 Å². The lowest BCUT2D eigenvalue weighted by atomic mass is 10.1. The first kappa shape index (κ1) is 16.5. The third kappa shape index (κ3) is 5.47. The summed E-state index contributed by atoms with van der Waals surface area (Å²) in [7, 11) is 0. The Bertz CT molecular complexity index is 654. The van der Waals surface area contributed by atoms with Crippen LogP contribution in [0.1, 0.15) is 16.7 Å². The minimum Gasteiger partial charge on any atom is -0.548 e. The van der Waals surface area contributed by atoms with Crippen molar-refractivity contribution in [3.63, 3.8) is 0 Å². The number of hydrogen-bond acceptors (Lipinski definition) is 3.